The molecule has 1 fully saturated rings. The normalized spacial score (nSPS) is 18.2. The maximum absolute atomic E-state index is 13.0. The summed E-state index contributed by atoms with van der Waals surface area (Å²) in [6.07, 6.45) is 2.93. The maximum Gasteiger partial charge on any atom is 0.163 e. The average Bonchev–Trinajstić information content (AvgIpc) is 2.56. The molecule has 0 spiro atoms. The van der Waals surface area contributed by atoms with Crippen LogP contribution in [0.4, 0.5) is 0 Å². The topological polar surface area (TPSA) is 46.2 Å². The van der Waals surface area contributed by atoms with Crippen LogP contribution >= 0.6 is 0 Å². The Morgan fingerprint density at radius 2 is 1.77 bits per heavy atom. The van der Waals surface area contributed by atoms with E-state index in [1.165, 1.54) is 0 Å². The van der Waals surface area contributed by atoms with Crippen molar-refractivity contribution >= 4 is 20.6 Å². The molecule has 2 aromatic carbocycles. The number of nitrogens with one attached hydrogen (secondary N) is 1. The minimum absolute atomic E-state index is 0.275. The minimum atomic E-state index is -3.25. The number of hydrogen-bond donors (Lipinski definition) is 1. The molecule has 0 radical (unpaired) electrons. The van der Waals surface area contributed by atoms with E-state index < -0.39 is 15.1 Å². The van der Waals surface area contributed by atoms with Crippen LogP contribution in [-0.4, -0.2) is 26.8 Å². The van der Waals surface area contributed by atoms with Crippen LogP contribution in [0.5, 0.6) is 0 Å². The first-order valence-corrected chi connectivity index (χ1v) is 9.28. The van der Waals surface area contributed by atoms with Gasteiger partial charge in [0.1, 0.15) is 5.25 Å². The van der Waals surface area contributed by atoms with Crippen molar-refractivity contribution in [3.05, 3.63) is 60.7 Å². The summed E-state index contributed by atoms with van der Waals surface area (Å²) in [6.45, 7) is 5.32. The first kappa shape index (κ1) is 15.3. The van der Waals surface area contributed by atoms with Gasteiger partial charge >= 0.3 is 0 Å². The third kappa shape index (κ3) is 2.81. The van der Waals surface area contributed by atoms with Crippen LogP contribution in [0.3, 0.4) is 0 Å². The molecule has 1 N–H and O–H groups in total. The molecule has 1 saturated heterocycles. The van der Waals surface area contributed by atoms with E-state index in [1.54, 1.807) is 6.08 Å². The molecule has 0 bridgehead atoms. The van der Waals surface area contributed by atoms with Gasteiger partial charge in [0.05, 0.1) is 5.25 Å². The summed E-state index contributed by atoms with van der Waals surface area (Å²) in [4.78, 5) is 0. The molecule has 116 valence electrons. The fourth-order valence-corrected chi connectivity index (χ4v) is 5.28. The zero-order valence-corrected chi connectivity index (χ0v) is 13.4. The van der Waals surface area contributed by atoms with E-state index in [2.05, 4.69) is 11.9 Å². The zero-order valence-electron chi connectivity index (χ0n) is 12.5. The van der Waals surface area contributed by atoms with Gasteiger partial charge < -0.3 is 5.32 Å². The fourth-order valence-electron chi connectivity index (χ4n) is 3.18. The lowest BCUT2D eigenvalue weighted by atomic mass is 10.1. The van der Waals surface area contributed by atoms with Crippen molar-refractivity contribution in [1.29, 1.82) is 0 Å². The smallest absolute Gasteiger partial charge is 0.163 e. The van der Waals surface area contributed by atoms with Crippen LogP contribution in [0.15, 0.2) is 55.1 Å². The van der Waals surface area contributed by atoms with Crippen LogP contribution in [0.1, 0.15) is 23.7 Å². The van der Waals surface area contributed by atoms with Gasteiger partial charge in [0.25, 0.3) is 0 Å². The largest absolute Gasteiger partial charge is 0.317 e. The van der Waals surface area contributed by atoms with Crippen molar-refractivity contribution in [2.24, 2.45) is 0 Å². The Kier molecular flexibility index (Phi) is 4.32. The highest BCUT2D eigenvalue weighted by Crippen LogP contribution is 2.32. The molecule has 4 heteroatoms. The summed E-state index contributed by atoms with van der Waals surface area (Å²) in [5, 5.41) is 4.50. The van der Waals surface area contributed by atoms with Crippen molar-refractivity contribution < 1.29 is 8.42 Å². The number of fused-ring (bicyclic) bond motifs is 1. The molecule has 22 heavy (non-hydrogen) atoms. The average molecular weight is 315 g/mol. The summed E-state index contributed by atoms with van der Waals surface area (Å²) >= 11 is 0. The molecular formula is C18H21NO2S. The van der Waals surface area contributed by atoms with Crippen LogP contribution in [0.25, 0.3) is 10.8 Å². The Labute approximate surface area is 132 Å². The van der Waals surface area contributed by atoms with Gasteiger partial charge in [0.2, 0.25) is 0 Å². The molecule has 1 aliphatic rings. The second-order valence-corrected chi connectivity index (χ2v) is 8.15. The summed E-state index contributed by atoms with van der Waals surface area (Å²) < 4.78 is 25.9. The molecule has 2 aromatic rings. The summed E-state index contributed by atoms with van der Waals surface area (Å²) in [7, 11) is -3.25. The van der Waals surface area contributed by atoms with E-state index in [-0.39, 0.29) is 5.25 Å². The van der Waals surface area contributed by atoms with Gasteiger partial charge in [-0.15, -0.1) is 6.58 Å². The van der Waals surface area contributed by atoms with Gasteiger partial charge in [-0.1, -0.05) is 42.5 Å². The minimum Gasteiger partial charge on any atom is -0.317 e. The Bertz CT molecular complexity index is 777. The Morgan fingerprint density at radius 1 is 1.09 bits per heavy atom. The molecule has 1 aliphatic heterocycles. The van der Waals surface area contributed by atoms with Gasteiger partial charge in [-0.25, -0.2) is 8.42 Å². The van der Waals surface area contributed by atoms with Gasteiger partial charge in [-0.05, 0) is 48.3 Å². The van der Waals surface area contributed by atoms with Crippen LogP contribution in [0, 0.1) is 0 Å². The molecule has 0 aliphatic carbocycles. The van der Waals surface area contributed by atoms with Crippen molar-refractivity contribution in [2.45, 2.75) is 23.3 Å². The van der Waals surface area contributed by atoms with E-state index in [1.807, 2.05) is 42.5 Å². The Hall–Kier alpha value is -1.65. The van der Waals surface area contributed by atoms with Crippen molar-refractivity contribution in [1.82, 2.24) is 5.32 Å². The van der Waals surface area contributed by atoms with E-state index >= 15 is 0 Å². The van der Waals surface area contributed by atoms with Crippen LogP contribution in [-0.2, 0) is 9.84 Å². The van der Waals surface area contributed by atoms with E-state index in [4.69, 9.17) is 0 Å². The molecule has 1 atom stereocenters. The highest BCUT2D eigenvalue weighted by atomic mass is 32.2. The van der Waals surface area contributed by atoms with E-state index in [9.17, 15) is 8.42 Å². The lowest BCUT2D eigenvalue weighted by Crippen LogP contribution is -2.37. The number of rotatable bonds is 4. The predicted octanol–water partition coefficient (Wildman–Crippen LogP) is 3.23. The first-order valence-electron chi connectivity index (χ1n) is 7.67. The van der Waals surface area contributed by atoms with Gasteiger partial charge in [0, 0.05) is 0 Å². The van der Waals surface area contributed by atoms with Crippen LogP contribution < -0.4 is 5.32 Å². The van der Waals surface area contributed by atoms with Crippen molar-refractivity contribution in [3.63, 3.8) is 0 Å². The number of hydrogen-bond acceptors (Lipinski definition) is 3. The van der Waals surface area contributed by atoms with Crippen molar-refractivity contribution in [3.8, 4) is 0 Å². The molecule has 1 heterocycles. The molecule has 0 saturated carbocycles. The van der Waals surface area contributed by atoms with Gasteiger partial charge in [-0.2, -0.15) is 0 Å². The zero-order chi connectivity index (χ0) is 15.6. The Balaban J connectivity index is 1.99. The van der Waals surface area contributed by atoms with Gasteiger partial charge in [0.15, 0.2) is 9.84 Å². The maximum atomic E-state index is 13.0. The third-order valence-corrected chi connectivity index (χ3v) is 6.99. The van der Waals surface area contributed by atoms with Crippen molar-refractivity contribution in [2.75, 3.05) is 13.1 Å². The SMILES string of the molecule is C=CC(c1ccc2ccccc2c1)S(=O)(=O)C1CCNCC1. The molecular weight excluding hydrogens is 294 g/mol. The Morgan fingerprint density at radius 3 is 2.45 bits per heavy atom. The molecule has 0 aromatic heterocycles. The molecule has 0 amide bonds. The summed E-state index contributed by atoms with van der Waals surface area (Å²) in [5.74, 6) is 0. The lowest BCUT2D eigenvalue weighted by Gasteiger charge is -2.26. The highest BCUT2D eigenvalue weighted by Gasteiger charge is 2.34. The second-order valence-electron chi connectivity index (χ2n) is 5.80. The van der Waals surface area contributed by atoms with E-state index in [0.717, 1.165) is 29.4 Å². The van der Waals surface area contributed by atoms with Gasteiger partial charge in [-0.3, -0.25) is 0 Å². The molecule has 1 unspecified atom stereocenters. The van der Waals surface area contributed by atoms with E-state index in [0.29, 0.717) is 12.8 Å². The van der Waals surface area contributed by atoms with Crippen LogP contribution in [0.2, 0.25) is 0 Å². The third-order valence-electron chi connectivity index (χ3n) is 4.42. The monoisotopic (exact) mass is 315 g/mol. The fraction of sp³-hybridized carbons (Fsp3) is 0.333. The quantitative estimate of drug-likeness (QED) is 0.881. The second kappa shape index (κ2) is 6.23. The standard InChI is InChI=1S/C18H21NO2S/c1-2-18(22(20,21)17-9-11-19-12-10-17)16-8-7-14-5-3-4-6-15(14)13-16/h2-8,13,17-19H,1,9-12H2. The number of piperidine rings is 1. The summed E-state index contributed by atoms with van der Waals surface area (Å²) in [5.41, 5.74) is 0.812. The highest BCUT2D eigenvalue weighted by molar-refractivity contribution is 7.92. The molecule has 3 nitrogen and oxygen atoms in total. The number of benzene rings is 2. The lowest BCUT2D eigenvalue weighted by molar-refractivity contribution is 0.493. The molecule has 3 rings (SSSR count). The predicted molar refractivity (Wildman–Crippen MR) is 91.7 cm³/mol. The number of sulfone groups is 1. The summed E-state index contributed by atoms with van der Waals surface area (Å²) in [6, 6.07) is 13.9. The first-order chi connectivity index (χ1) is 10.6.